The molecule has 1 fully saturated rings. The van der Waals surface area contributed by atoms with E-state index in [-0.39, 0.29) is 25.0 Å². The quantitative estimate of drug-likeness (QED) is 0.693. The zero-order chi connectivity index (χ0) is 17.4. The van der Waals surface area contributed by atoms with E-state index in [1.54, 1.807) is 7.05 Å². The van der Waals surface area contributed by atoms with Crippen molar-refractivity contribution in [1.29, 1.82) is 0 Å². The second-order valence-electron chi connectivity index (χ2n) is 5.61. The van der Waals surface area contributed by atoms with Crippen LogP contribution >= 0.6 is 0 Å². The first kappa shape index (κ1) is 16.3. The summed E-state index contributed by atoms with van der Waals surface area (Å²) in [5.74, 6) is -2.92. The Balaban J connectivity index is 1.95. The van der Waals surface area contributed by atoms with Gasteiger partial charge >= 0.3 is 5.97 Å². The number of hydrogen-bond acceptors (Lipinski definition) is 7. The van der Waals surface area contributed by atoms with Crippen molar-refractivity contribution >= 4 is 11.9 Å². The molecule has 2 aliphatic heterocycles. The maximum atomic E-state index is 12.6. The number of ether oxygens (including phenoxy) is 2. The van der Waals surface area contributed by atoms with Crippen LogP contribution in [0.5, 0.6) is 5.75 Å². The van der Waals surface area contributed by atoms with Crippen LogP contribution in [0.2, 0.25) is 0 Å². The van der Waals surface area contributed by atoms with Gasteiger partial charge in [-0.3, -0.25) is 19.3 Å². The highest BCUT2D eigenvalue weighted by molar-refractivity contribution is 5.97. The van der Waals surface area contributed by atoms with E-state index in [1.807, 2.05) is 0 Å². The van der Waals surface area contributed by atoms with Gasteiger partial charge in [-0.1, -0.05) is 0 Å². The van der Waals surface area contributed by atoms with Crippen molar-refractivity contribution < 1.29 is 29.3 Å². The van der Waals surface area contributed by atoms with Crippen molar-refractivity contribution in [2.75, 3.05) is 45.1 Å². The molecule has 0 spiro atoms. The minimum absolute atomic E-state index is 0.146. The summed E-state index contributed by atoms with van der Waals surface area (Å²) in [6, 6.07) is 0. The number of pyridine rings is 1. The molecule has 1 aromatic heterocycles. The molecule has 10 heteroatoms. The number of amides is 1. The Bertz CT molecular complexity index is 739. The predicted molar refractivity (Wildman–Crippen MR) is 79.9 cm³/mol. The summed E-state index contributed by atoms with van der Waals surface area (Å²) in [5.41, 5.74) is -1.96. The Labute approximate surface area is 136 Å². The Morgan fingerprint density at radius 1 is 1.38 bits per heavy atom. The summed E-state index contributed by atoms with van der Waals surface area (Å²) >= 11 is 0. The lowest BCUT2D eigenvalue weighted by Gasteiger charge is -2.39. The van der Waals surface area contributed by atoms with E-state index >= 15 is 0 Å². The van der Waals surface area contributed by atoms with Gasteiger partial charge in [0.25, 0.3) is 5.91 Å². The SMILES string of the molecule is CN1CN(CC2COCCO2)C(=O)c2c(O)c(=O)c(C(=O)O)cn21. The fraction of sp³-hybridized carbons (Fsp3) is 0.500. The van der Waals surface area contributed by atoms with E-state index in [0.29, 0.717) is 19.8 Å². The number of fused-ring (bicyclic) bond motifs is 1. The summed E-state index contributed by atoms with van der Waals surface area (Å²) in [6.45, 7) is 1.67. The van der Waals surface area contributed by atoms with Crippen molar-refractivity contribution in [3.8, 4) is 5.75 Å². The molecule has 0 aliphatic carbocycles. The van der Waals surface area contributed by atoms with Gasteiger partial charge in [0, 0.05) is 13.2 Å². The number of carboxylic acid groups (broad SMARTS) is 1. The predicted octanol–water partition coefficient (Wildman–Crippen LogP) is -1.35. The van der Waals surface area contributed by atoms with Gasteiger partial charge in [-0.25, -0.2) is 4.79 Å². The second-order valence-corrected chi connectivity index (χ2v) is 5.61. The average molecular weight is 339 g/mol. The summed E-state index contributed by atoms with van der Waals surface area (Å²) in [6.07, 6.45) is 0.740. The molecule has 2 aliphatic rings. The van der Waals surface area contributed by atoms with Crippen LogP contribution in [0.4, 0.5) is 0 Å². The van der Waals surface area contributed by atoms with E-state index in [2.05, 4.69) is 0 Å². The minimum atomic E-state index is -1.47. The van der Waals surface area contributed by atoms with E-state index in [1.165, 1.54) is 14.6 Å². The highest BCUT2D eigenvalue weighted by atomic mass is 16.6. The lowest BCUT2D eigenvalue weighted by atomic mass is 10.2. The third kappa shape index (κ3) is 2.69. The summed E-state index contributed by atoms with van der Waals surface area (Å²) in [4.78, 5) is 37.1. The summed E-state index contributed by atoms with van der Waals surface area (Å²) < 4.78 is 12.0. The molecule has 0 aromatic carbocycles. The van der Waals surface area contributed by atoms with E-state index in [4.69, 9.17) is 14.6 Å². The van der Waals surface area contributed by atoms with Crippen LogP contribution in [0.1, 0.15) is 20.8 Å². The van der Waals surface area contributed by atoms with Crippen LogP contribution in [-0.4, -0.2) is 77.9 Å². The molecule has 2 N–H and O–H groups in total. The van der Waals surface area contributed by atoms with E-state index in [0.717, 1.165) is 6.20 Å². The van der Waals surface area contributed by atoms with Crippen molar-refractivity contribution in [1.82, 2.24) is 9.58 Å². The molecule has 1 amide bonds. The van der Waals surface area contributed by atoms with Gasteiger partial charge in [0.2, 0.25) is 5.43 Å². The number of carboxylic acids is 1. The first-order chi connectivity index (χ1) is 11.4. The molecule has 3 heterocycles. The smallest absolute Gasteiger partial charge is 0.341 e. The Morgan fingerprint density at radius 2 is 2.12 bits per heavy atom. The molecule has 1 aromatic rings. The van der Waals surface area contributed by atoms with Gasteiger partial charge in [0.05, 0.1) is 32.5 Å². The molecule has 0 bridgehead atoms. The lowest BCUT2D eigenvalue weighted by Crippen LogP contribution is -2.55. The van der Waals surface area contributed by atoms with Gasteiger partial charge in [0.15, 0.2) is 11.4 Å². The molecule has 3 rings (SSSR count). The largest absolute Gasteiger partial charge is 0.502 e. The first-order valence-corrected chi connectivity index (χ1v) is 7.32. The molecule has 1 saturated heterocycles. The number of aromatic hydroxyl groups is 1. The maximum absolute atomic E-state index is 12.6. The fourth-order valence-electron chi connectivity index (χ4n) is 2.77. The zero-order valence-corrected chi connectivity index (χ0v) is 13.0. The van der Waals surface area contributed by atoms with Crippen molar-refractivity contribution in [2.45, 2.75) is 6.10 Å². The monoisotopic (exact) mass is 339 g/mol. The number of aromatic carboxylic acids is 1. The van der Waals surface area contributed by atoms with Gasteiger partial charge in [-0.2, -0.15) is 0 Å². The Hall–Kier alpha value is -2.59. The summed E-state index contributed by atoms with van der Waals surface area (Å²) in [5, 5.41) is 20.6. The minimum Gasteiger partial charge on any atom is -0.502 e. The zero-order valence-electron chi connectivity index (χ0n) is 13.0. The third-order valence-electron chi connectivity index (χ3n) is 3.94. The van der Waals surface area contributed by atoms with Gasteiger partial charge in [0.1, 0.15) is 12.2 Å². The lowest BCUT2D eigenvalue weighted by molar-refractivity contribution is -0.0953. The van der Waals surface area contributed by atoms with Gasteiger partial charge in [-0.05, 0) is 0 Å². The first-order valence-electron chi connectivity index (χ1n) is 7.32. The molecule has 10 nitrogen and oxygen atoms in total. The highest BCUT2D eigenvalue weighted by Crippen LogP contribution is 2.21. The highest BCUT2D eigenvalue weighted by Gasteiger charge is 2.34. The molecular weight excluding hydrogens is 322 g/mol. The third-order valence-corrected chi connectivity index (χ3v) is 3.94. The summed E-state index contributed by atoms with van der Waals surface area (Å²) in [7, 11) is 1.61. The molecule has 1 atom stereocenters. The Morgan fingerprint density at radius 3 is 2.75 bits per heavy atom. The number of rotatable bonds is 3. The maximum Gasteiger partial charge on any atom is 0.341 e. The van der Waals surface area contributed by atoms with Crippen LogP contribution in [0.15, 0.2) is 11.0 Å². The van der Waals surface area contributed by atoms with Crippen molar-refractivity contribution in [2.24, 2.45) is 0 Å². The molecule has 130 valence electrons. The van der Waals surface area contributed by atoms with Crippen molar-refractivity contribution in [3.63, 3.8) is 0 Å². The number of carbonyl (C=O) groups is 2. The van der Waals surface area contributed by atoms with Crippen LogP contribution in [-0.2, 0) is 9.47 Å². The van der Waals surface area contributed by atoms with Gasteiger partial charge in [-0.15, -0.1) is 0 Å². The number of nitrogens with zero attached hydrogens (tertiary/aromatic N) is 3. The van der Waals surface area contributed by atoms with Gasteiger partial charge < -0.3 is 24.6 Å². The second kappa shape index (κ2) is 6.13. The fourth-order valence-corrected chi connectivity index (χ4v) is 2.77. The van der Waals surface area contributed by atoms with E-state index < -0.39 is 28.6 Å². The average Bonchev–Trinajstić information content (AvgIpc) is 2.55. The van der Waals surface area contributed by atoms with E-state index in [9.17, 15) is 19.5 Å². The molecular formula is C14H17N3O7. The van der Waals surface area contributed by atoms with Crippen LogP contribution < -0.4 is 10.4 Å². The number of aromatic nitrogens is 1. The van der Waals surface area contributed by atoms with Crippen LogP contribution in [0.25, 0.3) is 0 Å². The molecule has 0 radical (unpaired) electrons. The molecule has 0 saturated carbocycles. The molecule has 1 unspecified atom stereocenters. The normalized spacial score (nSPS) is 20.9. The standard InChI is InChI=1S/C14H17N3O7/c1-15-7-16(4-8-6-23-2-3-24-8)13(20)10-12(19)11(18)9(14(21)22)5-17(10)15/h5,8,19H,2-4,6-7H2,1H3,(H,21,22). The van der Waals surface area contributed by atoms with Crippen molar-refractivity contribution in [3.05, 3.63) is 27.7 Å². The number of hydrogen-bond donors (Lipinski definition) is 2. The number of carbonyl (C=O) groups excluding carboxylic acids is 1. The topological polar surface area (TPSA) is 122 Å². The van der Waals surface area contributed by atoms with Crippen LogP contribution in [0.3, 0.4) is 0 Å². The Kier molecular flexibility index (Phi) is 4.16. The molecule has 24 heavy (non-hydrogen) atoms. The van der Waals surface area contributed by atoms with Crippen LogP contribution in [0, 0.1) is 0 Å².